The molecular weight excluding hydrogens is 468 g/mol. The second-order valence-electron chi connectivity index (χ2n) is 8.40. The highest BCUT2D eigenvalue weighted by Crippen LogP contribution is 2.38. The van der Waals surface area contributed by atoms with E-state index in [1.807, 2.05) is 0 Å². The van der Waals surface area contributed by atoms with Gasteiger partial charge in [-0.3, -0.25) is 9.59 Å². The summed E-state index contributed by atoms with van der Waals surface area (Å²) in [7, 11) is 0. The highest BCUT2D eigenvalue weighted by Gasteiger charge is 2.32. The highest BCUT2D eigenvalue weighted by atomic mass is 16.5. The van der Waals surface area contributed by atoms with Gasteiger partial charge in [0.05, 0.1) is 17.2 Å². The van der Waals surface area contributed by atoms with Crippen molar-refractivity contribution in [3.05, 3.63) is 82.4 Å². The van der Waals surface area contributed by atoms with Gasteiger partial charge in [-0.25, -0.2) is 4.79 Å². The Balaban J connectivity index is 1.43. The average molecular weight is 492 g/mol. The lowest BCUT2D eigenvalue weighted by molar-refractivity contribution is 0.0283. The van der Waals surface area contributed by atoms with Crippen LogP contribution in [0, 0.1) is 6.92 Å². The van der Waals surface area contributed by atoms with Crippen molar-refractivity contribution in [3.8, 4) is 23.0 Å². The minimum absolute atomic E-state index is 0.0422. The number of aromatic hydroxyl groups is 4. The Kier molecular flexibility index (Phi) is 6.80. The number of esters is 1. The molecular formula is C26H24N2O8. The first-order chi connectivity index (χ1) is 17.2. The van der Waals surface area contributed by atoms with Crippen LogP contribution in [0.15, 0.2) is 54.6 Å². The second-order valence-corrected chi connectivity index (χ2v) is 8.40. The third-order valence-corrected chi connectivity index (χ3v) is 5.98. The molecule has 186 valence electrons. The summed E-state index contributed by atoms with van der Waals surface area (Å²) < 4.78 is 5.57. The first-order valence-electron chi connectivity index (χ1n) is 11.1. The molecule has 6 N–H and O–H groups in total. The summed E-state index contributed by atoms with van der Waals surface area (Å²) in [6, 6.07) is 11.8. The van der Waals surface area contributed by atoms with Gasteiger partial charge in [0.1, 0.15) is 17.6 Å². The fourth-order valence-electron chi connectivity index (χ4n) is 3.91. The summed E-state index contributed by atoms with van der Waals surface area (Å²) in [5, 5.41) is 45.0. The van der Waals surface area contributed by atoms with E-state index >= 15 is 0 Å². The van der Waals surface area contributed by atoms with E-state index in [0.29, 0.717) is 18.7 Å². The van der Waals surface area contributed by atoms with Crippen LogP contribution in [0.5, 0.6) is 23.0 Å². The minimum Gasteiger partial charge on any atom is -0.508 e. The molecule has 3 aromatic rings. The average Bonchev–Trinajstić information content (AvgIpc) is 3.29. The normalized spacial score (nSPS) is 16.9. The van der Waals surface area contributed by atoms with Crippen molar-refractivity contribution >= 4 is 17.7 Å². The molecule has 1 aliphatic heterocycles. The molecule has 3 aromatic carbocycles. The van der Waals surface area contributed by atoms with Crippen LogP contribution in [0.1, 0.15) is 42.2 Å². The fourth-order valence-corrected chi connectivity index (χ4v) is 3.91. The zero-order valence-corrected chi connectivity index (χ0v) is 19.2. The van der Waals surface area contributed by atoms with Crippen LogP contribution in [0.4, 0.5) is 0 Å². The SMILES string of the molecule is Cc1c(O)cc(O)c(O)c1C(=O)c1ccc(C(=O)OC2CNCC2NC(=O)c2ccc(O)cc2)cc1. The number of hydrogen-bond donors (Lipinski definition) is 6. The number of hydrogen-bond acceptors (Lipinski definition) is 9. The maximum Gasteiger partial charge on any atom is 0.338 e. The molecule has 10 nitrogen and oxygen atoms in total. The number of carbonyl (C=O) groups excluding carboxylic acids is 3. The summed E-state index contributed by atoms with van der Waals surface area (Å²) in [4.78, 5) is 38.1. The van der Waals surface area contributed by atoms with E-state index in [1.54, 1.807) is 0 Å². The molecule has 4 rings (SSSR count). The van der Waals surface area contributed by atoms with Crippen LogP contribution in [0.25, 0.3) is 0 Å². The lowest BCUT2D eigenvalue weighted by Gasteiger charge is -2.20. The van der Waals surface area contributed by atoms with E-state index in [9.17, 15) is 34.8 Å². The summed E-state index contributed by atoms with van der Waals surface area (Å²) >= 11 is 0. The number of benzene rings is 3. The molecule has 2 unspecified atom stereocenters. The van der Waals surface area contributed by atoms with Crippen LogP contribution in [-0.4, -0.2) is 63.3 Å². The second kappa shape index (κ2) is 9.96. The van der Waals surface area contributed by atoms with Crippen molar-refractivity contribution in [1.82, 2.24) is 10.6 Å². The Morgan fingerprint density at radius 3 is 2.14 bits per heavy atom. The smallest absolute Gasteiger partial charge is 0.338 e. The van der Waals surface area contributed by atoms with Crippen LogP contribution >= 0.6 is 0 Å². The van der Waals surface area contributed by atoms with Gasteiger partial charge in [-0.05, 0) is 43.3 Å². The van der Waals surface area contributed by atoms with Crippen LogP contribution in [0.3, 0.4) is 0 Å². The largest absolute Gasteiger partial charge is 0.508 e. The summed E-state index contributed by atoms with van der Waals surface area (Å²) in [5.41, 5.74) is 0.504. The molecule has 0 aromatic heterocycles. The Morgan fingerprint density at radius 2 is 1.47 bits per heavy atom. The van der Waals surface area contributed by atoms with Crippen LogP contribution in [-0.2, 0) is 4.74 Å². The first kappa shape index (κ1) is 24.6. The number of phenolic OH excluding ortho intramolecular Hbond substituents is 4. The van der Waals surface area contributed by atoms with Gasteiger partial charge in [0, 0.05) is 35.8 Å². The van der Waals surface area contributed by atoms with E-state index in [0.717, 1.165) is 6.07 Å². The third-order valence-electron chi connectivity index (χ3n) is 5.98. The predicted molar refractivity (Wildman–Crippen MR) is 127 cm³/mol. The molecule has 1 heterocycles. The Morgan fingerprint density at radius 1 is 0.861 bits per heavy atom. The Labute approximate surface area is 205 Å². The van der Waals surface area contributed by atoms with Crippen molar-refractivity contribution < 1.29 is 39.5 Å². The number of amides is 1. The van der Waals surface area contributed by atoms with Crippen molar-refractivity contribution in [2.24, 2.45) is 0 Å². The fraction of sp³-hybridized carbons (Fsp3) is 0.192. The van der Waals surface area contributed by atoms with E-state index in [2.05, 4.69) is 10.6 Å². The molecule has 2 atom stereocenters. The minimum atomic E-state index is -0.652. The molecule has 0 bridgehead atoms. The standard InChI is InChI=1S/C26H24N2O8/c1-13-19(30)10-20(31)24(33)22(13)23(32)14-2-4-16(5-3-14)26(35)36-21-12-27-11-18(21)28-25(34)15-6-8-17(29)9-7-15/h2-10,18,21,27,29-31,33H,11-12H2,1H3,(H,28,34). The molecule has 1 amide bonds. The lowest BCUT2D eigenvalue weighted by Crippen LogP contribution is -2.44. The summed E-state index contributed by atoms with van der Waals surface area (Å²) in [6.07, 6.45) is -0.630. The third kappa shape index (κ3) is 4.93. The highest BCUT2D eigenvalue weighted by molar-refractivity contribution is 6.12. The van der Waals surface area contributed by atoms with Gasteiger partial charge >= 0.3 is 5.97 Å². The number of phenols is 4. The topological polar surface area (TPSA) is 165 Å². The zero-order valence-electron chi connectivity index (χ0n) is 19.2. The van der Waals surface area contributed by atoms with Crippen molar-refractivity contribution in [1.29, 1.82) is 0 Å². The molecule has 0 spiro atoms. The Hall–Kier alpha value is -4.57. The first-order valence-corrected chi connectivity index (χ1v) is 11.1. The van der Waals surface area contributed by atoms with Crippen LogP contribution in [0.2, 0.25) is 0 Å². The van der Waals surface area contributed by atoms with Crippen molar-refractivity contribution in [3.63, 3.8) is 0 Å². The number of carbonyl (C=O) groups is 3. The number of ketones is 1. The summed E-state index contributed by atoms with van der Waals surface area (Å²) in [5.74, 6) is -3.24. The Bertz CT molecular complexity index is 1290. The van der Waals surface area contributed by atoms with Gasteiger partial charge in [-0.15, -0.1) is 0 Å². The van der Waals surface area contributed by atoms with E-state index in [-0.39, 0.29) is 39.7 Å². The van der Waals surface area contributed by atoms with Gasteiger partial charge in [0.2, 0.25) is 0 Å². The number of nitrogens with one attached hydrogen (secondary N) is 2. The molecule has 1 saturated heterocycles. The van der Waals surface area contributed by atoms with Gasteiger partial charge in [-0.1, -0.05) is 12.1 Å². The zero-order chi connectivity index (χ0) is 26.0. The van der Waals surface area contributed by atoms with E-state index in [1.165, 1.54) is 55.5 Å². The lowest BCUT2D eigenvalue weighted by atomic mass is 9.96. The molecule has 0 aliphatic carbocycles. The van der Waals surface area contributed by atoms with Crippen molar-refractivity contribution in [2.75, 3.05) is 13.1 Å². The van der Waals surface area contributed by atoms with Crippen molar-refractivity contribution in [2.45, 2.75) is 19.1 Å². The van der Waals surface area contributed by atoms with Gasteiger partial charge in [-0.2, -0.15) is 0 Å². The maximum absolute atomic E-state index is 12.9. The van der Waals surface area contributed by atoms with Gasteiger partial charge in [0.15, 0.2) is 17.3 Å². The summed E-state index contributed by atoms with van der Waals surface area (Å²) in [6.45, 7) is 2.16. The molecule has 36 heavy (non-hydrogen) atoms. The molecule has 1 aliphatic rings. The predicted octanol–water partition coefficient (Wildman–Crippen LogP) is 1.98. The number of ether oxygens (including phenoxy) is 1. The van der Waals surface area contributed by atoms with Gasteiger partial charge in [0.25, 0.3) is 5.91 Å². The molecule has 0 radical (unpaired) electrons. The van der Waals surface area contributed by atoms with E-state index < -0.39 is 35.4 Å². The molecule has 10 heteroatoms. The van der Waals surface area contributed by atoms with Crippen LogP contribution < -0.4 is 10.6 Å². The quantitative estimate of drug-likeness (QED) is 0.131. The molecule has 0 saturated carbocycles. The monoisotopic (exact) mass is 492 g/mol. The maximum atomic E-state index is 12.9. The van der Waals surface area contributed by atoms with Gasteiger partial charge < -0.3 is 35.8 Å². The van der Waals surface area contributed by atoms with E-state index in [4.69, 9.17) is 4.74 Å². The number of rotatable bonds is 6. The molecule has 1 fully saturated rings.